The molecule has 9 atom stereocenters. The molecule has 438 valence electrons. The summed E-state index contributed by atoms with van der Waals surface area (Å²) < 4.78 is 0. The minimum Gasteiger partial charge on any atom is -0.480 e. The number of carbonyl (C=O) groups excluding carboxylic acids is 7. The first-order valence-corrected chi connectivity index (χ1v) is 31.1. The monoisotopic (exact) mass is 1160 g/mol. The fraction of sp³-hybridized carbons (Fsp3) is 0.446. The summed E-state index contributed by atoms with van der Waals surface area (Å²) >= 11 is 0. The Balaban J connectivity index is 1.43. The van der Waals surface area contributed by atoms with E-state index in [0.29, 0.717) is 49.3 Å². The number of nitrogens with zero attached hydrogens (tertiary/aromatic N) is 1. The zero-order chi connectivity index (χ0) is 59.1. The number of rotatable bonds is 16. The number of likely N-dealkylation sites (N-methyl/N-ethyl adjacent to an activating group) is 1. The third-order valence-electron chi connectivity index (χ3n) is 15.3. The average molecular weight is 1160 g/mol. The van der Waals surface area contributed by atoms with Gasteiger partial charge in [0.15, 0.2) is 11.6 Å². The van der Waals surface area contributed by atoms with E-state index in [2.05, 4.69) is 29.8 Å². The molecule has 0 saturated carbocycles. The molecule has 6 rings (SSSR count). The van der Waals surface area contributed by atoms with Crippen molar-refractivity contribution in [1.29, 1.82) is 0 Å². The van der Waals surface area contributed by atoms with Crippen LogP contribution in [0.25, 0.3) is 10.8 Å². The van der Waals surface area contributed by atoms with Crippen molar-refractivity contribution < 1.29 is 48.6 Å². The fourth-order valence-electron chi connectivity index (χ4n) is 10.6. The summed E-state index contributed by atoms with van der Waals surface area (Å²) in [5.41, 5.74) is 8.53. The third-order valence-corrected chi connectivity index (χ3v) is 17.9. The van der Waals surface area contributed by atoms with Gasteiger partial charge in [0.05, 0.1) is 24.1 Å². The molecule has 17 heteroatoms. The predicted octanol–water partition coefficient (Wildman–Crippen LogP) is 8.62. The lowest BCUT2D eigenvalue weighted by Gasteiger charge is -2.31. The standard InChI is InChI=1S/C65H81N5O10S2/c1-42(2)32-47-27-28-50(33-44-18-8-5-9-19-44)61(75)68-55(35-46-22-12-7-13-23-46)60(74)39-57(70(4)64(78)51-30-29-48-24-14-15-25-49(48)36-51)63(77)67-54(26-16-17-31-66)59(73)38-53(43(3)71)58(72)37-52(34-45-20-10-6-11-21-45)62(76)69-56(65(79)80)41-82-81-40-47/h5-15,18-25,29-30,36,42-43,47,50,52-57,71H,16-17,26-28,31-35,37-41,66H2,1-4H3,(H,67,77)(H,68,75)(H,69,76)(H,79,80)/t43?,47-,50+,52-,53+,54+,55+,56+,57+/m1/s1. The van der Waals surface area contributed by atoms with Gasteiger partial charge in [-0.1, -0.05) is 157 Å². The van der Waals surface area contributed by atoms with E-state index in [1.54, 1.807) is 48.5 Å². The largest absolute Gasteiger partial charge is 0.480 e. The summed E-state index contributed by atoms with van der Waals surface area (Å²) in [7, 11) is 4.23. The number of Topliss-reactive ketones (excluding diaryl/α,β-unsaturated/α-hetero) is 3. The molecule has 0 spiro atoms. The van der Waals surface area contributed by atoms with Crippen LogP contribution >= 0.6 is 21.6 Å². The van der Waals surface area contributed by atoms with Crippen LogP contribution in [-0.2, 0) is 52.8 Å². The van der Waals surface area contributed by atoms with Gasteiger partial charge in [-0.2, -0.15) is 0 Å². The summed E-state index contributed by atoms with van der Waals surface area (Å²) in [6, 6.07) is 35.2. The van der Waals surface area contributed by atoms with Gasteiger partial charge < -0.3 is 36.8 Å². The first-order chi connectivity index (χ1) is 39.4. The summed E-state index contributed by atoms with van der Waals surface area (Å²) in [4.78, 5) is 118. The van der Waals surface area contributed by atoms with Gasteiger partial charge in [-0.05, 0) is 123 Å². The van der Waals surface area contributed by atoms with Crippen molar-refractivity contribution in [2.24, 2.45) is 35.3 Å². The van der Waals surface area contributed by atoms with Crippen LogP contribution in [0.3, 0.4) is 0 Å². The van der Waals surface area contributed by atoms with Crippen molar-refractivity contribution in [2.45, 2.75) is 128 Å². The van der Waals surface area contributed by atoms with Crippen LogP contribution in [0.4, 0.5) is 0 Å². The van der Waals surface area contributed by atoms with Crippen molar-refractivity contribution in [2.75, 3.05) is 25.1 Å². The predicted molar refractivity (Wildman–Crippen MR) is 325 cm³/mol. The van der Waals surface area contributed by atoms with E-state index < -0.39 is 108 Å². The maximum absolute atomic E-state index is 15.2. The van der Waals surface area contributed by atoms with E-state index in [9.17, 15) is 39.0 Å². The molecule has 0 bridgehead atoms. The second kappa shape index (κ2) is 32.8. The Kier molecular flexibility index (Phi) is 25.8. The number of hydrogen-bond acceptors (Lipinski definition) is 12. The van der Waals surface area contributed by atoms with Gasteiger partial charge in [-0.15, -0.1) is 0 Å². The molecule has 0 radical (unpaired) electrons. The molecule has 1 fully saturated rings. The van der Waals surface area contributed by atoms with Crippen LogP contribution in [0.2, 0.25) is 0 Å². The summed E-state index contributed by atoms with van der Waals surface area (Å²) in [6.45, 7) is 5.89. The summed E-state index contributed by atoms with van der Waals surface area (Å²) in [5.74, 6) is -7.42. The molecule has 7 N–H and O–H groups in total. The van der Waals surface area contributed by atoms with Crippen LogP contribution in [0.5, 0.6) is 0 Å². The van der Waals surface area contributed by atoms with E-state index in [1.807, 2.05) is 84.9 Å². The van der Waals surface area contributed by atoms with Crippen molar-refractivity contribution in [3.63, 3.8) is 0 Å². The summed E-state index contributed by atoms with van der Waals surface area (Å²) in [6.07, 6.45) is 0.378. The Morgan fingerprint density at radius 1 is 0.610 bits per heavy atom. The van der Waals surface area contributed by atoms with E-state index in [4.69, 9.17) is 5.73 Å². The molecule has 4 amide bonds. The molecule has 0 aliphatic carbocycles. The molecule has 1 heterocycles. The van der Waals surface area contributed by atoms with Crippen LogP contribution in [0, 0.1) is 29.6 Å². The number of amides is 4. The molecular weight excluding hydrogens is 1070 g/mol. The normalized spacial score (nSPS) is 23.1. The number of aliphatic hydroxyl groups excluding tert-OH is 1. The molecule has 5 aromatic carbocycles. The highest BCUT2D eigenvalue weighted by atomic mass is 33.1. The van der Waals surface area contributed by atoms with Gasteiger partial charge in [-0.3, -0.25) is 33.6 Å². The van der Waals surface area contributed by atoms with Gasteiger partial charge in [0.2, 0.25) is 17.7 Å². The Hall–Kier alpha value is -6.66. The number of carbonyl (C=O) groups is 8. The minimum absolute atomic E-state index is 0.0122. The second-order valence-corrected chi connectivity index (χ2v) is 24.8. The van der Waals surface area contributed by atoms with E-state index in [-0.39, 0.29) is 48.9 Å². The summed E-state index contributed by atoms with van der Waals surface area (Å²) in [5, 5.41) is 32.0. The Bertz CT molecular complexity index is 2910. The number of unbranched alkanes of at least 4 members (excludes halogenated alkanes) is 1. The number of aliphatic carboxylic acids is 1. The highest BCUT2D eigenvalue weighted by Gasteiger charge is 2.38. The fourth-order valence-corrected chi connectivity index (χ4v) is 13.3. The molecule has 1 saturated heterocycles. The Morgan fingerprint density at radius 3 is 1.76 bits per heavy atom. The molecule has 1 unspecified atom stereocenters. The van der Waals surface area contributed by atoms with Crippen LogP contribution in [0.15, 0.2) is 133 Å². The first-order valence-electron chi connectivity index (χ1n) is 28.6. The zero-order valence-corrected chi connectivity index (χ0v) is 49.2. The van der Waals surface area contributed by atoms with Crippen LogP contribution in [0.1, 0.15) is 106 Å². The molecule has 1 aliphatic rings. The number of hydrogen-bond donors (Lipinski definition) is 6. The quantitative estimate of drug-likeness (QED) is 0.0401. The lowest BCUT2D eigenvalue weighted by atomic mass is 9.83. The topological polar surface area (TPSA) is 242 Å². The smallest absolute Gasteiger partial charge is 0.327 e. The van der Waals surface area contributed by atoms with Gasteiger partial charge in [0, 0.05) is 55.2 Å². The first kappa shape index (κ1) is 64.5. The SMILES string of the molecule is CC(C)C[C@H]1CC[C@@H](Cc2ccccc2)C(=O)N[C@@H](Cc2ccccc2)C(=O)C[C@H](N(C)C(=O)c2ccc3ccccc3c2)C(=O)N[C@@H](CCCCN)C(=O)C[C@@H](C(C)O)C(=O)C[C@@H](Cc2ccccc2)C(=O)N[C@H](C(=O)O)CSSC1. The number of nitrogens with one attached hydrogen (secondary N) is 3. The third kappa shape index (κ3) is 20.1. The van der Waals surface area contributed by atoms with Crippen molar-refractivity contribution >= 4 is 79.3 Å². The number of nitrogens with two attached hydrogens (primary N) is 1. The lowest BCUT2D eigenvalue weighted by Crippen LogP contribution is -2.55. The van der Waals surface area contributed by atoms with Crippen molar-refractivity contribution in [3.05, 3.63) is 156 Å². The van der Waals surface area contributed by atoms with Crippen molar-refractivity contribution in [1.82, 2.24) is 20.9 Å². The van der Waals surface area contributed by atoms with Gasteiger partial charge in [-0.25, -0.2) is 4.79 Å². The zero-order valence-electron chi connectivity index (χ0n) is 47.6. The maximum Gasteiger partial charge on any atom is 0.327 e. The second-order valence-electron chi connectivity index (χ2n) is 22.3. The number of fused-ring (bicyclic) bond motifs is 1. The van der Waals surface area contributed by atoms with Gasteiger partial charge in [0.25, 0.3) is 5.91 Å². The molecule has 1 aliphatic heterocycles. The number of carboxylic acid groups (broad SMARTS) is 1. The van der Waals surface area contributed by atoms with E-state index >= 15 is 9.59 Å². The number of ketones is 3. The molecule has 5 aromatic rings. The highest BCUT2D eigenvalue weighted by molar-refractivity contribution is 8.76. The van der Waals surface area contributed by atoms with Crippen molar-refractivity contribution in [3.8, 4) is 0 Å². The average Bonchev–Trinajstić information content (AvgIpc) is 3.64. The van der Waals surface area contributed by atoms with Crippen LogP contribution < -0.4 is 21.7 Å². The van der Waals surface area contributed by atoms with Gasteiger partial charge in [0.1, 0.15) is 17.9 Å². The van der Waals surface area contributed by atoms with E-state index in [0.717, 1.165) is 28.3 Å². The number of benzene rings is 5. The maximum atomic E-state index is 15.2. The number of carboxylic acids is 1. The van der Waals surface area contributed by atoms with Crippen LogP contribution in [-0.4, -0.2) is 117 Å². The lowest BCUT2D eigenvalue weighted by molar-refractivity contribution is -0.142. The Labute approximate surface area is 490 Å². The number of aliphatic hydroxyl groups is 1. The molecule has 0 aromatic heterocycles. The molecule has 15 nitrogen and oxygen atoms in total. The van der Waals surface area contributed by atoms with E-state index in [1.165, 1.54) is 40.5 Å². The molecule has 82 heavy (non-hydrogen) atoms. The highest BCUT2D eigenvalue weighted by Crippen LogP contribution is 2.32. The molecular formula is C65H81N5O10S2. The Morgan fingerprint density at radius 2 is 1.16 bits per heavy atom. The minimum atomic E-state index is -1.52. The van der Waals surface area contributed by atoms with Gasteiger partial charge >= 0.3 is 5.97 Å².